The molecule has 184 valence electrons. The van der Waals surface area contributed by atoms with Crippen LogP contribution < -0.4 is 5.32 Å². The van der Waals surface area contributed by atoms with Crippen molar-refractivity contribution in [3.63, 3.8) is 0 Å². The largest absolute Gasteiger partial charge is 0.339 e. The van der Waals surface area contributed by atoms with Gasteiger partial charge in [-0.3, -0.25) is 4.79 Å². The number of aryl methyl sites for hydroxylation is 1. The highest BCUT2D eigenvalue weighted by Gasteiger charge is 2.53. The molecule has 1 amide bonds. The van der Waals surface area contributed by atoms with Crippen molar-refractivity contribution in [2.24, 2.45) is 0 Å². The molecular formula is C28H29FN6O. The molecule has 2 aromatic carbocycles. The Morgan fingerprint density at radius 2 is 1.78 bits per heavy atom. The number of carbonyl (C=O) groups excluding carboxylic acids is 1. The summed E-state index contributed by atoms with van der Waals surface area (Å²) in [4.78, 5) is 26.8. The average molecular weight is 485 g/mol. The molecule has 2 aromatic heterocycles. The van der Waals surface area contributed by atoms with Crippen molar-refractivity contribution in [1.82, 2.24) is 24.3 Å². The van der Waals surface area contributed by atoms with E-state index in [9.17, 15) is 9.18 Å². The zero-order chi connectivity index (χ0) is 24.9. The van der Waals surface area contributed by atoms with E-state index in [0.717, 1.165) is 67.0 Å². The number of hydrogen-bond acceptors (Lipinski definition) is 5. The Kier molecular flexibility index (Phi) is 5.48. The van der Waals surface area contributed by atoms with Crippen LogP contribution >= 0.6 is 0 Å². The molecule has 2 aliphatic rings. The molecule has 0 unspecified atom stereocenters. The van der Waals surface area contributed by atoms with Gasteiger partial charge in [-0.1, -0.05) is 12.1 Å². The van der Waals surface area contributed by atoms with Crippen LogP contribution in [0.2, 0.25) is 0 Å². The summed E-state index contributed by atoms with van der Waals surface area (Å²) in [5.74, 6) is 0.474. The number of nitrogens with one attached hydrogen (secondary N) is 1. The van der Waals surface area contributed by atoms with E-state index in [2.05, 4.69) is 46.5 Å². The fraction of sp³-hybridized carbons (Fsp3) is 0.321. The van der Waals surface area contributed by atoms with E-state index < -0.39 is 0 Å². The number of benzene rings is 2. The van der Waals surface area contributed by atoms with Crippen LogP contribution in [0.5, 0.6) is 0 Å². The van der Waals surface area contributed by atoms with Gasteiger partial charge < -0.3 is 19.7 Å². The molecular weight excluding hydrogens is 455 g/mol. The normalized spacial score (nSPS) is 17.4. The lowest BCUT2D eigenvalue weighted by molar-refractivity contribution is -0.135. The number of rotatable bonds is 5. The minimum Gasteiger partial charge on any atom is -0.339 e. The summed E-state index contributed by atoms with van der Waals surface area (Å²) in [6, 6.07) is 15.1. The number of carbonyl (C=O) groups is 1. The molecule has 3 heterocycles. The molecule has 4 aromatic rings. The van der Waals surface area contributed by atoms with Crippen molar-refractivity contribution < 1.29 is 9.18 Å². The summed E-state index contributed by atoms with van der Waals surface area (Å²) in [5.41, 5.74) is 3.77. The number of piperazine rings is 1. The van der Waals surface area contributed by atoms with Crippen molar-refractivity contribution in [3.8, 4) is 5.69 Å². The zero-order valence-corrected chi connectivity index (χ0v) is 20.5. The van der Waals surface area contributed by atoms with Crippen molar-refractivity contribution in [3.05, 3.63) is 77.9 Å². The Labute approximate surface area is 209 Å². The second-order valence-corrected chi connectivity index (χ2v) is 9.97. The van der Waals surface area contributed by atoms with Crippen LogP contribution in [0, 0.1) is 12.7 Å². The molecule has 0 radical (unpaired) electrons. The highest BCUT2D eigenvalue weighted by molar-refractivity contribution is 5.91. The molecule has 7 nitrogen and oxygen atoms in total. The lowest BCUT2D eigenvalue weighted by atomic mass is 9.93. The van der Waals surface area contributed by atoms with E-state index >= 15 is 0 Å². The number of aromatic nitrogens is 3. The first kappa shape index (κ1) is 22.7. The summed E-state index contributed by atoms with van der Waals surface area (Å²) >= 11 is 0. The number of amides is 1. The Bertz CT molecular complexity index is 1430. The topological polar surface area (TPSA) is 66.3 Å². The Morgan fingerprint density at radius 3 is 2.47 bits per heavy atom. The van der Waals surface area contributed by atoms with E-state index in [0.29, 0.717) is 11.5 Å². The fourth-order valence-corrected chi connectivity index (χ4v) is 5.04. The summed E-state index contributed by atoms with van der Waals surface area (Å²) in [5, 5.41) is 4.09. The van der Waals surface area contributed by atoms with Crippen LogP contribution in [0.25, 0.3) is 16.7 Å². The van der Waals surface area contributed by atoms with Gasteiger partial charge in [-0.2, -0.15) is 4.98 Å². The monoisotopic (exact) mass is 484 g/mol. The number of fused-ring (bicyclic) bond motifs is 1. The predicted molar refractivity (Wildman–Crippen MR) is 138 cm³/mol. The maximum Gasteiger partial charge on any atom is 0.233 e. The third-order valence-corrected chi connectivity index (χ3v) is 7.49. The number of nitrogens with zero attached hydrogens (tertiary/aromatic N) is 5. The smallest absolute Gasteiger partial charge is 0.233 e. The van der Waals surface area contributed by atoms with E-state index in [1.807, 2.05) is 21.7 Å². The Hall–Kier alpha value is -3.78. The molecule has 8 heteroatoms. The minimum atomic E-state index is -0.361. The molecule has 36 heavy (non-hydrogen) atoms. The molecule has 0 bridgehead atoms. The lowest BCUT2D eigenvalue weighted by Gasteiger charge is -2.35. The number of anilines is 2. The summed E-state index contributed by atoms with van der Waals surface area (Å²) in [6.07, 6.45) is 5.58. The molecule has 0 spiro atoms. The van der Waals surface area contributed by atoms with Crippen molar-refractivity contribution in [1.29, 1.82) is 0 Å². The maximum atomic E-state index is 13.6. The third kappa shape index (κ3) is 4.01. The highest BCUT2D eigenvalue weighted by atomic mass is 19.1. The van der Waals surface area contributed by atoms with E-state index in [1.54, 1.807) is 25.3 Å². The molecule has 1 aliphatic carbocycles. The standard InChI is InChI=1S/C28H29FN6O/c1-19-17-22(5-8-24(19)29)31-27-30-18-20-9-12-35(25(20)32-27)23-6-3-21(4-7-23)28(10-11-28)26(36)34-15-13-33(2)14-16-34/h3-9,12,17-18H,10-11,13-16H2,1-2H3,(H,30,31,32). The quantitative estimate of drug-likeness (QED) is 0.454. The van der Waals surface area contributed by atoms with E-state index in [1.165, 1.54) is 6.07 Å². The van der Waals surface area contributed by atoms with Gasteiger partial charge in [0.25, 0.3) is 0 Å². The fourth-order valence-electron chi connectivity index (χ4n) is 5.04. The molecule has 0 atom stereocenters. The molecule has 6 rings (SSSR count). The zero-order valence-electron chi connectivity index (χ0n) is 20.5. The molecule has 1 aliphatic heterocycles. The third-order valence-electron chi connectivity index (χ3n) is 7.49. The number of likely N-dealkylation sites (N-methyl/N-ethyl adjacent to an activating group) is 1. The Balaban J connectivity index is 1.24. The molecule has 1 saturated carbocycles. The second kappa shape index (κ2) is 8.71. The molecule has 1 saturated heterocycles. The van der Waals surface area contributed by atoms with Gasteiger partial charge in [-0.25, -0.2) is 9.37 Å². The van der Waals surface area contributed by atoms with Gasteiger partial charge in [0.15, 0.2) is 0 Å². The highest BCUT2D eigenvalue weighted by Crippen LogP contribution is 2.50. The second-order valence-electron chi connectivity index (χ2n) is 9.97. The van der Waals surface area contributed by atoms with E-state index in [-0.39, 0.29) is 17.1 Å². The average Bonchev–Trinajstić information content (AvgIpc) is 3.60. The van der Waals surface area contributed by atoms with Gasteiger partial charge in [0.1, 0.15) is 11.5 Å². The van der Waals surface area contributed by atoms with Crippen molar-refractivity contribution in [2.75, 3.05) is 38.5 Å². The SMILES string of the molecule is Cc1cc(Nc2ncc3ccn(-c4ccc(C5(C(=O)N6CCN(C)CC6)CC5)cc4)c3n2)ccc1F. The van der Waals surface area contributed by atoms with Gasteiger partial charge in [0.2, 0.25) is 11.9 Å². The van der Waals surface area contributed by atoms with Crippen LogP contribution in [0.15, 0.2) is 60.9 Å². The maximum absolute atomic E-state index is 13.6. The van der Waals surface area contributed by atoms with Crippen LogP contribution in [-0.2, 0) is 10.2 Å². The predicted octanol–water partition coefficient (Wildman–Crippen LogP) is 4.42. The first-order valence-electron chi connectivity index (χ1n) is 12.4. The van der Waals surface area contributed by atoms with Crippen LogP contribution in [0.1, 0.15) is 24.0 Å². The summed E-state index contributed by atoms with van der Waals surface area (Å²) in [6.45, 7) is 5.20. The Morgan fingerprint density at radius 1 is 1.03 bits per heavy atom. The van der Waals surface area contributed by atoms with Gasteiger partial charge >= 0.3 is 0 Å². The van der Waals surface area contributed by atoms with Crippen LogP contribution in [0.3, 0.4) is 0 Å². The van der Waals surface area contributed by atoms with Crippen LogP contribution in [0.4, 0.5) is 16.0 Å². The van der Waals surface area contributed by atoms with Gasteiger partial charge in [0, 0.05) is 55.3 Å². The first-order chi connectivity index (χ1) is 17.4. The lowest BCUT2D eigenvalue weighted by Crippen LogP contribution is -2.50. The van der Waals surface area contributed by atoms with Gasteiger partial charge in [-0.15, -0.1) is 0 Å². The van der Waals surface area contributed by atoms with Gasteiger partial charge in [0.05, 0.1) is 5.41 Å². The minimum absolute atomic E-state index is 0.243. The first-order valence-corrected chi connectivity index (χ1v) is 12.4. The molecule has 2 fully saturated rings. The van der Waals surface area contributed by atoms with E-state index in [4.69, 9.17) is 4.98 Å². The number of hydrogen-bond donors (Lipinski definition) is 1. The summed E-state index contributed by atoms with van der Waals surface area (Å²) in [7, 11) is 2.10. The molecule has 1 N–H and O–H groups in total. The number of halogens is 1. The van der Waals surface area contributed by atoms with Crippen molar-refractivity contribution >= 4 is 28.6 Å². The van der Waals surface area contributed by atoms with Gasteiger partial charge in [-0.05, 0) is 74.3 Å². The van der Waals surface area contributed by atoms with Crippen LogP contribution in [-0.4, -0.2) is 63.5 Å². The van der Waals surface area contributed by atoms with Crippen molar-refractivity contribution in [2.45, 2.75) is 25.2 Å². The summed E-state index contributed by atoms with van der Waals surface area (Å²) < 4.78 is 15.6.